The van der Waals surface area contributed by atoms with Gasteiger partial charge in [-0.1, -0.05) is 72.8 Å². The highest BCUT2D eigenvalue weighted by Crippen LogP contribution is 2.38. The normalized spacial score (nSPS) is 17.8. The van der Waals surface area contributed by atoms with Gasteiger partial charge in [-0.05, 0) is 65.2 Å². The van der Waals surface area contributed by atoms with Crippen LogP contribution in [0.1, 0.15) is 57.1 Å². The molecule has 1 fully saturated rings. The zero-order chi connectivity index (χ0) is 32.4. The number of pyridine rings is 2. The third-order valence-corrected chi connectivity index (χ3v) is 8.43. The molecule has 240 valence electrons. The van der Waals surface area contributed by atoms with Gasteiger partial charge in [0.1, 0.15) is 0 Å². The first kappa shape index (κ1) is 32.2. The Balaban J connectivity index is 1.14. The number of aromatic nitrogens is 2. The van der Waals surface area contributed by atoms with Crippen LogP contribution in [0.4, 0.5) is 0 Å². The van der Waals surface area contributed by atoms with Crippen LogP contribution < -0.4 is 5.32 Å². The van der Waals surface area contributed by atoms with E-state index in [1.54, 1.807) is 24.5 Å². The van der Waals surface area contributed by atoms with Gasteiger partial charge in [-0.2, -0.15) is 0 Å². The third-order valence-electron chi connectivity index (χ3n) is 8.43. The van der Waals surface area contributed by atoms with E-state index in [9.17, 15) is 9.90 Å². The lowest BCUT2D eigenvalue weighted by Crippen LogP contribution is -2.38. The van der Waals surface area contributed by atoms with Gasteiger partial charge < -0.3 is 24.8 Å². The van der Waals surface area contributed by atoms with Crippen molar-refractivity contribution >= 4 is 5.91 Å². The number of hydrogen-bond donors (Lipinski definition) is 2. The van der Waals surface area contributed by atoms with Crippen LogP contribution in [0.25, 0.3) is 11.1 Å². The standard InChI is InChI=1S/C39H40N4O4/c1-43(21-18-35-9-2-3-20-41-35)26-36-23-37(31-12-10-28(27-44)11-13-31)47-39(46-36)32-16-14-30(15-17-32)33-7-4-6-29(22-33)24-42-38(45)34-8-5-19-40-25-34/h2-17,19-20,22,25,36-37,39,44H,18,21,23-24,26-27H2,1H3,(H,42,45). The van der Waals surface area contributed by atoms with Crippen molar-refractivity contribution in [2.24, 2.45) is 0 Å². The molecular weight excluding hydrogens is 588 g/mol. The minimum Gasteiger partial charge on any atom is -0.392 e. The highest BCUT2D eigenvalue weighted by Gasteiger charge is 2.32. The second kappa shape index (κ2) is 15.7. The number of carbonyl (C=O) groups excluding carboxylic acids is 1. The topological polar surface area (TPSA) is 96.8 Å². The molecule has 5 aromatic rings. The minimum absolute atomic E-state index is 0.0104. The van der Waals surface area contributed by atoms with Crippen LogP contribution >= 0.6 is 0 Å². The summed E-state index contributed by atoms with van der Waals surface area (Å²) >= 11 is 0. The molecule has 3 unspecified atom stereocenters. The lowest BCUT2D eigenvalue weighted by molar-refractivity contribution is -0.252. The molecule has 1 aliphatic rings. The van der Waals surface area contributed by atoms with Gasteiger partial charge in [-0.15, -0.1) is 0 Å². The Labute approximate surface area is 276 Å². The highest BCUT2D eigenvalue weighted by molar-refractivity contribution is 5.93. The number of nitrogens with one attached hydrogen (secondary N) is 1. The van der Waals surface area contributed by atoms with E-state index in [2.05, 4.69) is 69.7 Å². The summed E-state index contributed by atoms with van der Waals surface area (Å²) in [6.45, 7) is 2.07. The maximum Gasteiger partial charge on any atom is 0.253 e. The minimum atomic E-state index is -0.525. The van der Waals surface area contributed by atoms with E-state index in [4.69, 9.17) is 9.47 Å². The molecule has 0 saturated carbocycles. The lowest BCUT2D eigenvalue weighted by atomic mass is 9.99. The van der Waals surface area contributed by atoms with Crippen LogP contribution in [0.3, 0.4) is 0 Å². The lowest BCUT2D eigenvalue weighted by Gasteiger charge is -2.38. The van der Waals surface area contributed by atoms with Crippen molar-refractivity contribution in [3.05, 3.63) is 155 Å². The summed E-state index contributed by atoms with van der Waals surface area (Å²) in [4.78, 5) is 23.3. The molecular formula is C39H40N4O4. The average Bonchev–Trinajstić information content (AvgIpc) is 3.14. The first-order valence-electron chi connectivity index (χ1n) is 16.0. The molecule has 8 nitrogen and oxygen atoms in total. The second-order valence-corrected chi connectivity index (χ2v) is 11.9. The fraction of sp³-hybridized carbons (Fsp3) is 0.256. The number of aliphatic hydroxyl groups is 1. The van der Waals surface area contributed by atoms with E-state index in [1.165, 1.54) is 0 Å². The molecule has 0 radical (unpaired) electrons. The summed E-state index contributed by atoms with van der Waals surface area (Å²) in [6, 6.07) is 34.0. The third kappa shape index (κ3) is 8.75. The zero-order valence-electron chi connectivity index (χ0n) is 26.5. The Morgan fingerprint density at radius 1 is 0.872 bits per heavy atom. The SMILES string of the molecule is CN(CCc1ccccn1)CC1CC(c2ccc(CO)cc2)OC(c2ccc(-c3cccc(CNC(=O)c4cccnc4)c3)cc2)O1. The van der Waals surface area contributed by atoms with E-state index < -0.39 is 6.29 Å². The van der Waals surface area contributed by atoms with Gasteiger partial charge in [-0.25, -0.2) is 0 Å². The summed E-state index contributed by atoms with van der Waals surface area (Å²) < 4.78 is 13.2. The monoisotopic (exact) mass is 628 g/mol. The smallest absolute Gasteiger partial charge is 0.253 e. The predicted molar refractivity (Wildman–Crippen MR) is 181 cm³/mol. The molecule has 1 saturated heterocycles. The van der Waals surface area contributed by atoms with Crippen molar-refractivity contribution in [2.45, 2.75) is 44.5 Å². The number of carbonyl (C=O) groups is 1. The average molecular weight is 629 g/mol. The van der Waals surface area contributed by atoms with E-state index >= 15 is 0 Å². The highest BCUT2D eigenvalue weighted by atomic mass is 16.7. The van der Waals surface area contributed by atoms with Gasteiger partial charge in [0.05, 0.1) is 24.4 Å². The zero-order valence-corrected chi connectivity index (χ0v) is 26.5. The van der Waals surface area contributed by atoms with Gasteiger partial charge in [0.15, 0.2) is 6.29 Å². The first-order valence-corrected chi connectivity index (χ1v) is 16.0. The van der Waals surface area contributed by atoms with Gasteiger partial charge in [0, 0.05) is 62.3 Å². The number of amides is 1. The van der Waals surface area contributed by atoms with E-state index in [0.717, 1.165) is 65.0 Å². The number of likely N-dealkylation sites (N-methyl/N-ethyl adjacent to an activating group) is 1. The van der Waals surface area contributed by atoms with Crippen LogP contribution in [0, 0.1) is 0 Å². The number of ether oxygens (including phenoxy) is 2. The van der Waals surface area contributed by atoms with Crippen LogP contribution in [0.5, 0.6) is 0 Å². The molecule has 1 aliphatic heterocycles. The number of aliphatic hydroxyl groups excluding tert-OH is 1. The molecule has 47 heavy (non-hydrogen) atoms. The summed E-state index contributed by atoms with van der Waals surface area (Å²) in [5, 5.41) is 12.5. The van der Waals surface area contributed by atoms with Gasteiger partial charge >= 0.3 is 0 Å². The molecule has 3 atom stereocenters. The largest absolute Gasteiger partial charge is 0.392 e. The van der Waals surface area contributed by atoms with Crippen LogP contribution in [-0.2, 0) is 29.0 Å². The van der Waals surface area contributed by atoms with Crippen molar-refractivity contribution in [3.63, 3.8) is 0 Å². The van der Waals surface area contributed by atoms with Gasteiger partial charge in [0.2, 0.25) is 0 Å². The quantitative estimate of drug-likeness (QED) is 0.168. The Kier molecular flexibility index (Phi) is 10.8. The Bertz CT molecular complexity index is 1720. The van der Waals surface area contributed by atoms with Crippen molar-refractivity contribution < 1.29 is 19.4 Å². The fourth-order valence-corrected chi connectivity index (χ4v) is 5.80. The van der Waals surface area contributed by atoms with Crippen molar-refractivity contribution in [1.82, 2.24) is 20.2 Å². The molecule has 2 aromatic heterocycles. The first-order chi connectivity index (χ1) is 23.0. The van der Waals surface area contributed by atoms with E-state index in [1.807, 2.05) is 54.7 Å². The molecule has 3 heterocycles. The van der Waals surface area contributed by atoms with Crippen molar-refractivity contribution in [1.29, 1.82) is 0 Å². The Morgan fingerprint density at radius 2 is 1.70 bits per heavy atom. The number of nitrogens with zero attached hydrogens (tertiary/aromatic N) is 3. The van der Waals surface area contributed by atoms with Gasteiger partial charge in [-0.3, -0.25) is 14.8 Å². The van der Waals surface area contributed by atoms with E-state index in [-0.39, 0.29) is 24.7 Å². The molecule has 2 N–H and O–H groups in total. The summed E-state index contributed by atoms with van der Waals surface area (Å²) in [6.07, 6.45) is 5.94. The van der Waals surface area contributed by atoms with Crippen molar-refractivity contribution in [2.75, 3.05) is 20.1 Å². The summed E-state index contributed by atoms with van der Waals surface area (Å²) in [5.41, 5.74) is 7.64. The molecule has 0 bridgehead atoms. The Hall–Kier alpha value is -4.73. The molecule has 6 rings (SSSR count). The number of rotatable bonds is 12. The predicted octanol–water partition coefficient (Wildman–Crippen LogP) is 6.29. The molecule has 3 aromatic carbocycles. The van der Waals surface area contributed by atoms with Crippen LogP contribution in [-0.4, -0.2) is 52.1 Å². The molecule has 0 aliphatic carbocycles. The van der Waals surface area contributed by atoms with Gasteiger partial charge in [0.25, 0.3) is 5.91 Å². The Morgan fingerprint density at radius 3 is 2.45 bits per heavy atom. The molecule has 0 spiro atoms. The fourth-order valence-electron chi connectivity index (χ4n) is 5.80. The number of benzene rings is 3. The van der Waals surface area contributed by atoms with Crippen molar-refractivity contribution in [3.8, 4) is 11.1 Å². The molecule has 1 amide bonds. The maximum atomic E-state index is 12.5. The molecule has 8 heteroatoms. The van der Waals surface area contributed by atoms with E-state index in [0.29, 0.717) is 12.1 Å². The number of hydrogen-bond acceptors (Lipinski definition) is 7. The maximum absolute atomic E-state index is 12.5. The summed E-state index contributed by atoms with van der Waals surface area (Å²) in [7, 11) is 2.12. The van der Waals surface area contributed by atoms with Crippen LogP contribution in [0.2, 0.25) is 0 Å². The second-order valence-electron chi connectivity index (χ2n) is 11.9. The summed E-state index contributed by atoms with van der Waals surface area (Å²) in [5.74, 6) is -0.152. The van der Waals surface area contributed by atoms with Crippen LogP contribution in [0.15, 0.2) is 122 Å².